The summed E-state index contributed by atoms with van der Waals surface area (Å²) in [5.41, 5.74) is -0.384. The van der Waals surface area contributed by atoms with Gasteiger partial charge in [-0.05, 0) is 25.7 Å². The fourth-order valence-electron chi connectivity index (χ4n) is 1.46. The summed E-state index contributed by atoms with van der Waals surface area (Å²) in [4.78, 5) is 0. The van der Waals surface area contributed by atoms with Gasteiger partial charge in [-0.25, -0.2) is 0 Å². The third-order valence-corrected chi connectivity index (χ3v) is 2.71. The van der Waals surface area contributed by atoms with Crippen LogP contribution in [-0.2, 0) is 0 Å². The second kappa shape index (κ2) is 2.91. The summed E-state index contributed by atoms with van der Waals surface area (Å²) < 4.78 is 0. The van der Waals surface area contributed by atoms with Gasteiger partial charge in [0, 0.05) is 0 Å². The van der Waals surface area contributed by atoms with Gasteiger partial charge in [0.25, 0.3) is 0 Å². The first-order valence-corrected chi connectivity index (χ1v) is 4.36. The van der Waals surface area contributed by atoms with Crippen molar-refractivity contribution in [2.45, 2.75) is 51.6 Å². The quantitative estimate of drug-likeness (QED) is 0.641. The number of aliphatic hydroxyl groups is 1. The highest BCUT2D eigenvalue weighted by Gasteiger charge is 2.26. The summed E-state index contributed by atoms with van der Waals surface area (Å²) in [6.45, 7) is 4.00. The molecule has 0 saturated heterocycles. The van der Waals surface area contributed by atoms with E-state index in [9.17, 15) is 5.11 Å². The van der Waals surface area contributed by atoms with Crippen LogP contribution in [0, 0.1) is 5.92 Å². The highest BCUT2D eigenvalue weighted by atomic mass is 16.3. The number of hydrogen-bond donors (Lipinski definition) is 1. The number of hydrogen-bond acceptors (Lipinski definition) is 1. The van der Waals surface area contributed by atoms with Crippen LogP contribution in [-0.4, -0.2) is 10.7 Å². The average molecular weight is 142 g/mol. The standard InChI is InChI=1S/C9H18O/c1-3-9(2,10)7-8-5-4-6-8/h8,10H,3-7H2,1-2H3. The second-order valence-corrected chi connectivity index (χ2v) is 3.85. The minimum atomic E-state index is -0.384. The maximum Gasteiger partial charge on any atom is 0.0619 e. The van der Waals surface area contributed by atoms with Gasteiger partial charge in [-0.15, -0.1) is 0 Å². The van der Waals surface area contributed by atoms with Crippen LogP contribution in [0.25, 0.3) is 0 Å². The van der Waals surface area contributed by atoms with E-state index < -0.39 is 0 Å². The normalized spacial score (nSPS) is 25.5. The predicted octanol–water partition coefficient (Wildman–Crippen LogP) is 2.34. The van der Waals surface area contributed by atoms with E-state index in [0.29, 0.717) is 0 Å². The van der Waals surface area contributed by atoms with E-state index >= 15 is 0 Å². The Labute approximate surface area is 63.4 Å². The van der Waals surface area contributed by atoms with Gasteiger partial charge in [0.15, 0.2) is 0 Å². The molecule has 0 bridgehead atoms. The molecule has 0 aromatic rings. The second-order valence-electron chi connectivity index (χ2n) is 3.85. The molecular weight excluding hydrogens is 124 g/mol. The zero-order valence-corrected chi connectivity index (χ0v) is 7.06. The SMILES string of the molecule is CCC(C)(O)CC1CCC1. The Kier molecular flexibility index (Phi) is 2.35. The van der Waals surface area contributed by atoms with Crippen molar-refractivity contribution in [3.05, 3.63) is 0 Å². The average Bonchev–Trinajstić information content (AvgIpc) is 1.80. The summed E-state index contributed by atoms with van der Waals surface area (Å²) in [7, 11) is 0. The third-order valence-electron chi connectivity index (χ3n) is 2.71. The van der Waals surface area contributed by atoms with Crippen LogP contribution in [0.4, 0.5) is 0 Å². The van der Waals surface area contributed by atoms with Crippen molar-refractivity contribution >= 4 is 0 Å². The van der Waals surface area contributed by atoms with Gasteiger partial charge in [0.1, 0.15) is 0 Å². The molecule has 1 saturated carbocycles. The molecular formula is C9H18O. The summed E-state index contributed by atoms with van der Waals surface area (Å²) >= 11 is 0. The first-order chi connectivity index (χ1) is 4.64. The van der Waals surface area contributed by atoms with Crippen molar-refractivity contribution in [3.63, 3.8) is 0 Å². The van der Waals surface area contributed by atoms with Crippen LogP contribution in [0.5, 0.6) is 0 Å². The lowest BCUT2D eigenvalue weighted by Crippen LogP contribution is -2.29. The van der Waals surface area contributed by atoms with Crippen molar-refractivity contribution in [2.24, 2.45) is 5.92 Å². The van der Waals surface area contributed by atoms with Crippen molar-refractivity contribution in [1.29, 1.82) is 0 Å². The maximum absolute atomic E-state index is 9.66. The lowest BCUT2D eigenvalue weighted by Gasteiger charge is -2.32. The first-order valence-electron chi connectivity index (χ1n) is 4.36. The summed E-state index contributed by atoms with van der Waals surface area (Å²) in [6, 6.07) is 0. The Hall–Kier alpha value is -0.0400. The molecule has 1 nitrogen and oxygen atoms in total. The molecule has 10 heavy (non-hydrogen) atoms. The molecule has 1 fully saturated rings. The molecule has 0 aromatic carbocycles. The molecule has 1 N–H and O–H groups in total. The molecule has 1 aliphatic rings. The zero-order valence-electron chi connectivity index (χ0n) is 7.06. The van der Waals surface area contributed by atoms with Gasteiger partial charge in [-0.1, -0.05) is 26.2 Å². The molecule has 0 spiro atoms. The third kappa shape index (κ3) is 1.98. The molecule has 1 heteroatoms. The lowest BCUT2D eigenvalue weighted by atomic mass is 9.77. The van der Waals surface area contributed by atoms with E-state index in [-0.39, 0.29) is 5.60 Å². The molecule has 0 aliphatic heterocycles. The van der Waals surface area contributed by atoms with Gasteiger partial charge in [0.2, 0.25) is 0 Å². The van der Waals surface area contributed by atoms with Crippen LogP contribution >= 0.6 is 0 Å². The van der Waals surface area contributed by atoms with Gasteiger partial charge in [-0.3, -0.25) is 0 Å². The van der Waals surface area contributed by atoms with Gasteiger partial charge < -0.3 is 5.11 Å². The molecule has 1 atom stereocenters. The van der Waals surface area contributed by atoms with Crippen LogP contribution in [0.2, 0.25) is 0 Å². The van der Waals surface area contributed by atoms with Crippen molar-refractivity contribution in [3.8, 4) is 0 Å². The van der Waals surface area contributed by atoms with Gasteiger partial charge in [0.05, 0.1) is 5.60 Å². The molecule has 0 amide bonds. The Morgan fingerprint density at radius 2 is 2.10 bits per heavy atom. The van der Waals surface area contributed by atoms with Gasteiger partial charge >= 0.3 is 0 Å². The van der Waals surface area contributed by atoms with E-state index in [4.69, 9.17) is 0 Å². The van der Waals surface area contributed by atoms with E-state index in [1.165, 1.54) is 19.3 Å². The van der Waals surface area contributed by atoms with Gasteiger partial charge in [-0.2, -0.15) is 0 Å². The topological polar surface area (TPSA) is 20.2 Å². The van der Waals surface area contributed by atoms with Crippen LogP contribution in [0.3, 0.4) is 0 Å². The number of rotatable bonds is 3. The fraction of sp³-hybridized carbons (Fsp3) is 1.00. The minimum Gasteiger partial charge on any atom is -0.390 e. The fourth-order valence-corrected chi connectivity index (χ4v) is 1.46. The minimum absolute atomic E-state index is 0.384. The summed E-state index contributed by atoms with van der Waals surface area (Å²) in [6.07, 6.45) is 5.98. The van der Waals surface area contributed by atoms with E-state index in [1.807, 2.05) is 6.92 Å². The summed E-state index contributed by atoms with van der Waals surface area (Å²) in [5.74, 6) is 0.829. The molecule has 1 aliphatic carbocycles. The molecule has 1 rings (SSSR count). The van der Waals surface area contributed by atoms with Crippen molar-refractivity contribution < 1.29 is 5.11 Å². The lowest BCUT2D eigenvalue weighted by molar-refractivity contribution is 0.0167. The van der Waals surface area contributed by atoms with Crippen LogP contribution in [0.1, 0.15) is 46.0 Å². The first kappa shape index (κ1) is 8.06. The highest BCUT2D eigenvalue weighted by Crippen LogP contribution is 2.34. The molecule has 0 aromatic heterocycles. The maximum atomic E-state index is 9.66. The van der Waals surface area contributed by atoms with E-state index in [1.54, 1.807) is 0 Å². The van der Waals surface area contributed by atoms with E-state index in [2.05, 4.69) is 6.92 Å². The van der Waals surface area contributed by atoms with Crippen LogP contribution in [0.15, 0.2) is 0 Å². The Morgan fingerprint density at radius 3 is 2.40 bits per heavy atom. The van der Waals surface area contributed by atoms with Crippen LogP contribution < -0.4 is 0 Å². The molecule has 0 radical (unpaired) electrons. The van der Waals surface area contributed by atoms with E-state index in [0.717, 1.165) is 18.8 Å². The Morgan fingerprint density at radius 1 is 1.50 bits per heavy atom. The monoisotopic (exact) mass is 142 g/mol. The molecule has 1 unspecified atom stereocenters. The Bertz CT molecular complexity index is 103. The molecule has 60 valence electrons. The largest absolute Gasteiger partial charge is 0.390 e. The Balaban J connectivity index is 2.21. The molecule has 0 heterocycles. The van der Waals surface area contributed by atoms with Crippen molar-refractivity contribution in [2.75, 3.05) is 0 Å². The zero-order chi connectivity index (χ0) is 7.61. The smallest absolute Gasteiger partial charge is 0.0619 e. The summed E-state index contributed by atoms with van der Waals surface area (Å²) in [5, 5.41) is 9.66. The highest BCUT2D eigenvalue weighted by molar-refractivity contribution is 4.79. The van der Waals surface area contributed by atoms with Crippen molar-refractivity contribution in [1.82, 2.24) is 0 Å². The predicted molar refractivity (Wildman–Crippen MR) is 42.9 cm³/mol.